The normalized spacial score (nSPS) is 15.8. The van der Waals surface area contributed by atoms with E-state index in [1.165, 1.54) is 16.7 Å². The number of anilines is 4. The molecule has 0 spiro atoms. The zero-order valence-electron chi connectivity index (χ0n) is 20.1. The molecule has 2 aliphatic rings. The zero-order valence-corrected chi connectivity index (χ0v) is 21.8. The topological polar surface area (TPSA) is 79.4 Å². The van der Waals surface area contributed by atoms with E-state index in [9.17, 15) is 4.57 Å². The number of rotatable bonds is 6. The predicted octanol–water partition coefficient (Wildman–Crippen LogP) is 5.52. The second-order valence-corrected chi connectivity index (χ2v) is 12.9. The number of nitrogens with zero attached hydrogens (tertiary/aromatic N) is 3. The average molecular weight is 510 g/mol. The van der Waals surface area contributed by atoms with Crippen molar-refractivity contribution in [3.05, 3.63) is 64.8 Å². The van der Waals surface area contributed by atoms with E-state index < -0.39 is 7.14 Å². The third-order valence-electron chi connectivity index (χ3n) is 6.34. The molecule has 2 aliphatic heterocycles. The molecule has 2 aromatic carbocycles. The summed E-state index contributed by atoms with van der Waals surface area (Å²) in [7, 11) is -0.349. The van der Waals surface area contributed by atoms with Gasteiger partial charge in [0.2, 0.25) is 5.95 Å². The van der Waals surface area contributed by atoms with Crippen molar-refractivity contribution in [3.8, 4) is 5.75 Å². The van der Waals surface area contributed by atoms with E-state index in [-0.39, 0.29) is 0 Å². The van der Waals surface area contributed by atoms with Crippen LogP contribution in [0.25, 0.3) is 5.57 Å². The first kappa shape index (κ1) is 23.9. The van der Waals surface area contributed by atoms with Crippen molar-refractivity contribution in [2.45, 2.75) is 12.8 Å². The zero-order chi connectivity index (χ0) is 24.6. The van der Waals surface area contributed by atoms with Gasteiger partial charge in [0, 0.05) is 30.4 Å². The molecule has 1 aromatic heterocycles. The van der Waals surface area contributed by atoms with Gasteiger partial charge in [-0.25, -0.2) is 4.98 Å². The number of para-hydroxylation sites is 1. The van der Waals surface area contributed by atoms with Gasteiger partial charge in [0.25, 0.3) is 0 Å². The largest absolute Gasteiger partial charge is 0.491 e. The molecule has 0 atom stereocenters. The Morgan fingerprint density at radius 3 is 2.69 bits per heavy atom. The van der Waals surface area contributed by atoms with Crippen LogP contribution in [0.2, 0.25) is 5.02 Å². The van der Waals surface area contributed by atoms with Crippen LogP contribution in [0.4, 0.5) is 23.1 Å². The van der Waals surface area contributed by atoms with Crippen LogP contribution < -0.4 is 20.7 Å². The van der Waals surface area contributed by atoms with E-state index in [1.807, 2.05) is 30.3 Å². The van der Waals surface area contributed by atoms with E-state index in [0.717, 1.165) is 42.7 Å². The number of likely N-dealkylation sites (N-methyl/N-ethyl adjacent to an activating group) is 1. The fourth-order valence-electron chi connectivity index (χ4n) is 4.52. The Hall–Kier alpha value is -2.86. The Labute approximate surface area is 210 Å². The number of halogens is 1. The van der Waals surface area contributed by atoms with Gasteiger partial charge in [0.05, 0.1) is 24.2 Å². The van der Waals surface area contributed by atoms with Gasteiger partial charge in [0.15, 0.2) is 5.82 Å². The molecule has 182 valence electrons. The van der Waals surface area contributed by atoms with E-state index in [0.29, 0.717) is 29.1 Å². The number of nitrogens with one attached hydrogen (secondary N) is 2. The van der Waals surface area contributed by atoms with Crippen LogP contribution >= 0.6 is 18.7 Å². The average Bonchev–Trinajstić information content (AvgIpc) is 3.32. The van der Waals surface area contributed by atoms with Gasteiger partial charge in [-0.2, -0.15) is 4.98 Å². The minimum Gasteiger partial charge on any atom is -0.491 e. The van der Waals surface area contributed by atoms with Crippen molar-refractivity contribution in [2.24, 2.45) is 0 Å². The van der Waals surface area contributed by atoms with Crippen molar-refractivity contribution in [1.82, 2.24) is 14.9 Å². The molecule has 3 aromatic rings. The highest BCUT2D eigenvalue weighted by Gasteiger charge is 2.24. The number of hydrogen-bond acceptors (Lipinski definition) is 7. The fourth-order valence-corrected chi connectivity index (χ4v) is 5.82. The summed E-state index contributed by atoms with van der Waals surface area (Å²) in [4.78, 5) is 11.3. The Kier molecular flexibility index (Phi) is 6.58. The number of hydrogen-bond donors (Lipinski definition) is 2. The third-order valence-corrected chi connectivity index (χ3v) is 8.17. The standard InChI is InChI=1S/C26H29ClN5O2P/c1-32-13-10-17(11-14-32)18-8-9-22(24-19(18)12-15-34-24)30-26-28-16-20(27)25(31-26)29-21-6-4-5-7-23(21)35(2,3)33/h4-10,16H,11-15H2,1-3H3,(H2,28,29,30,31). The lowest BCUT2D eigenvalue weighted by Gasteiger charge is -2.23. The first-order valence-corrected chi connectivity index (χ1v) is 14.7. The van der Waals surface area contributed by atoms with E-state index in [2.05, 4.69) is 44.7 Å². The van der Waals surface area contributed by atoms with Gasteiger partial charge in [-0.05, 0) is 56.1 Å². The molecule has 0 aliphatic carbocycles. The molecule has 0 saturated heterocycles. The van der Waals surface area contributed by atoms with Gasteiger partial charge < -0.3 is 24.8 Å². The van der Waals surface area contributed by atoms with Crippen LogP contribution in [-0.2, 0) is 11.0 Å². The number of aromatic nitrogens is 2. The molecule has 9 heteroatoms. The monoisotopic (exact) mass is 509 g/mol. The summed E-state index contributed by atoms with van der Waals surface area (Å²) in [5.74, 6) is 1.70. The number of benzene rings is 2. The van der Waals surface area contributed by atoms with Gasteiger partial charge in [0.1, 0.15) is 17.9 Å². The maximum atomic E-state index is 12.7. The Morgan fingerprint density at radius 1 is 1.09 bits per heavy atom. The van der Waals surface area contributed by atoms with Crippen molar-refractivity contribution in [3.63, 3.8) is 0 Å². The minimum atomic E-state index is -2.49. The van der Waals surface area contributed by atoms with Crippen molar-refractivity contribution >= 4 is 52.8 Å². The van der Waals surface area contributed by atoms with Crippen molar-refractivity contribution < 1.29 is 9.30 Å². The van der Waals surface area contributed by atoms with E-state index in [1.54, 1.807) is 19.5 Å². The fraction of sp³-hybridized carbons (Fsp3) is 0.308. The number of fused-ring (bicyclic) bond motifs is 1. The highest BCUT2D eigenvalue weighted by atomic mass is 35.5. The highest BCUT2D eigenvalue weighted by molar-refractivity contribution is 7.70. The summed E-state index contributed by atoms with van der Waals surface area (Å²) in [6.45, 7) is 6.17. The SMILES string of the molecule is CN1CC=C(c2ccc(Nc3ncc(Cl)c(Nc4ccccc4P(C)(C)=O)n3)c3c2CCO3)CC1. The Morgan fingerprint density at radius 2 is 1.91 bits per heavy atom. The van der Waals surface area contributed by atoms with Crippen LogP contribution in [-0.4, -0.2) is 54.9 Å². The summed E-state index contributed by atoms with van der Waals surface area (Å²) >= 11 is 6.41. The van der Waals surface area contributed by atoms with E-state index >= 15 is 0 Å². The summed E-state index contributed by atoms with van der Waals surface area (Å²) in [6, 6.07) is 11.7. The van der Waals surface area contributed by atoms with Crippen LogP contribution in [0.5, 0.6) is 5.75 Å². The summed E-state index contributed by atoms with van der Waals surface area (Å²) in [5, 5.41) is 7.67. The second kappa shape index (κ2) is 9.65. The van der Waals surface area contributed by atoms with Crippen molar-refractivity contribution in [2.75, 3.05) is 50.7 Å². The summed E-state index contributed by atoms with van der Waals surface area (Å²) < 4.78 is 18.8. The first-order chi connectivity index (χ1) is 16.8. The minimum absolute atomic E-state index is 0.374. The smallest absolute Gasteiger partial charge is 0.229 e. The lowest BCUT2D eigenvalue weighted by molar-refractivity contribution is 0.358. The summed E-state index contributed by atoms with van der Waals surface area (Å²) in [5.41, 5.74) is 5.43. The highest BCUT2D eigenvalue weighted by Crippen LogP contribution is 2.41. The molecule has 5 rings (SSSR count). The lowest BCUT2D eigenvalue weighted by atomic mass is 9.93. The molecule has 0 unspecified atom stereocenters. The van der Waals surface area contributed by atoms with Gasteiger partial charge >= 0.3 is 0 Å². The van der Waals surface area contributed by atoms with E-state index in [4.69, 9.17) is 16.3 Å². The molecule has 35 heavy (non-hydrogen) atoms. The summed E-state index contributed by atoms with van der Waals surface area (Å²) in [6.07, 6.45) is 5.79. The van der Waals surface area contributed by atoms with Crippen LogP contribution in [0.15, 0.2) is 48.7 Å². The molecule has 2 N–H and O–H groups in total. The molecular formula is C26H29ClN5O2P. The van der Waals surface area contributed by atoms with Crippen LogP contribution in [0.1, 0.15) is 17.5 Å². The van der Waals surface area contributed by atoms with Crippen molar-refractivity contribution in [1.29, 1.82) is 0 Å². The van der Waals surface area contributed by atoms with Crippen LogP contribution in [0, 0.1) is 0 Å². The molecule has 0 amide bonds. The molecule has 0 fully saturated rings. The quantitative estimate of drug-likeness (QED) is 0.423. The third kappa shape index (κ3) is 5.08. The molecule has 0 saturated carbocycles. The van der Waals surface area contributed by atoms with Gasteiger partial charge in [-0.1, -0.05) is 35.9 Å². The van der Waals surface area contributed by atoms with Gasteiger partial charge in [-0.15, -0.1) is 0 Å². The lowest BCUT2D eigenvalue weighted by Crippen LogP contribution is -2.23. The predicted molar refractivity (Wildman–Crippen MR) is 145 cm³/mol. The first-order valence-electron chi connectivity index (χ1n) is 11.7. The molecular weight excluding hydrogens is 481 g/mol. The second-order valence-electron chi connectivity index (χ2n) is 9.32. The molecule has 0 bridgehead atoms. The van der Waals surface area contributed by atoms with Gasteiger partial charge in [-0.3, -0.25) is 0 Å². The number of ether oxygens (including phenoxy) is 1. The molecule has 3 heterocycles. The molecule has 7 nitrogen and oxygen atoms in total. The maximum Gasteiger partial charge on any atom is 0.229 e. The molecule has 0 radical (unpaired) electrons. The van der Waals surface area contributed by atoms with Crippen LogP contribution in [0.3, 0.4) is 0 Å². The Bertz CT molecular complexity index is 1350. The maximum absolute atomic E-state index is 12.7. The Balaban J connectivity index is 1.43.